The highest BCUT2D eigenvalue weighted by Crippen LogP contribution is 2.20. The van der Waals surface area contributed by atoms with Crippen molar-refractivity contribution in [3.05, 3.63) is 65.0 Å². The van der Waals surface area contributed by atoms with Gasteiger partial charge < -0.3 is 10.2 Å². The molecule has 1 atom stereocenters. The number of nitrogens with one attached hydrogen (secondary N) is 1. The number of hydrogen-bond acceptors (Lipinski definition) is 3. The number of pyridine rings is 1. The van der Waals surface area contributed by atoms with Crippen LogP contribution in [0.25, 0.3) is 0 Å². The van der Waals surface area contributed by atoms with Crippen LogP contribution in [0.1, 0.15) is 46.4 Å². The molecule has 1 fully saturated rings. The van der Waals surface area contributed by atoms with Crippen LogP contribution in [0.3, 0.4) is 0 Å². The maximum atomic E-state index is 13.3. The molecule has 4 nitrogen and oxygen atoms in total. The first-order valence-corrected chi connectivity index (χ1v) is 9.13. The Hall–Kier alpha value is -1.91. The Morgan fingerprint density at radius 3 is 2.62 bits per heavy atom. The van der Waals surface area contributed by atoms with E-state index in [0.29, 0.717) is 6.54 Å². The molecule has 0 spiro atoms. The third-order valence-electron chi connectivity index (χ3n) is 4.77. The lowest BCUT2D eigenvalue weighted by Crippen LogP contribution is -2.40. The van der Waals surface area contributed by atoms with Gasteiger partial charge >= 0.3 is 0 Å². The minimum absolute atomic E-state index is 0. The Morgan fingerprint density at radius 2 is 1.92 bits per heavy atom. The van der Waals surface area contributed by atoms with Crippen LogP contribution in [0.2, 0.25) is 0 Å². The molecule has 1 aromatic carbocycles. The van der Waals surface area contributed by atoms with Gasteiger partial charge in [0.1, 0.15) is 0 Å². The fraction of sp³-hybridized carbons (Fsp3) is 0.429. The molecule has 1 aliphatic heterocycles. The molecule has 1 saturated heterocycles. The van der Waals surface area contributed by atoms with Crippen LogP contribution in [0.5, 0.6) is 0 Å². The Balaban J connectivity index is 0.00000243. The summed E-state index contributed by atoms with van der Waals surface area (Å²) in [7, 11) is 0. The predicted octanol–water partition coefficient (Wildman–Crippen LogP) is 3.90. The lowest BCUT2D eigenvalue weighted by molar-refractivity contribution is 0.0642. The minimum Gasteiger partial charge on any atom is -0.330 e. The van der Waals surface area contributed by atoms with E-state index in [-0.39, 0.29) is 24.4 Å². The van der Waals surface area contributed by atoms with Crippen LogP contribution in [0.4, 0.5) is 0 Å². The number of halogens is 1. The van der Waals surface area contributed by atoms with Gasteiger partial charge in [-0.3, -0.25) is 9.78 Å². The number of carbonyl (C=O) groups excluding carboxylic acids is 1. The molecule has 0 radical (unpaired) electrons. The molecule has 2 heterocycles. The molecular weight excluding hydrogens is 346 g/mol. The molecule has 0 aliphatic carbocycles. The SMILES string of the molecule is Cc1cc(C)cc(C(=O)N(Cc2ccccn2)C2CCCNCC2)c1.Cl. The number of benzene rings is 1. The number of carbonyl (C=O) groups is 1. The number of nitrogens with zero attached hydrogens (tertiary/aromatic N) is 2. The molecule has 5 heteroatoms. The summed E-state index contributed by atoms with van der Waals surface area (Å²) in [4.78, 5) is 19.8. The van der Waals surface area contributed by atoms with Crippen LogP contribution in [-0.2, 0) is 6.54 Å². The number of hydrogen-bond donors (Lipinski definition) is 1. The van der Waals surface area contributed by atoms with E-state index >= 15 is 0 Å². The normalized spacial score (nSPS) is 17.1. The quantitative estimate of drug-likeness (QED) is 0.883. The summed E-state index contributed by atoms with van der Waals surface area (Å²) >= 11 is 0. The molecule has 1 amide bonds. The minimum atomic E-state index is 0. The zero-order valence-corrected chi connectivity index (χ0v) is 16.4. The van der Waals surface area contributed by atoms with E-state index in [1.54, 1.807) is 6.20 Å². The highest BCUT2D eigenvalue weighted by molar-refractivity contribution is 5.94. The third kappa shape index (κ3) is 5.29. The van der Waals surface area contributed by atoms with Crippen LogP contribution >= 0.6 is 12.4 Å². The first-order chi connectivity index (χ1) is 12.1. The first-order valence-electron chi connectivity index (χ1n) is 9.13. The second kappa shape index (κ2) is 9.70. The van der Waals surface area contributed by atoms with Gasteiger partial charge in [-0.05, 0) is 70.5 Å². The molecule has 2 aromatic rings. The second-order valence-electron chi connectivity index (χ2n) is 6.97. The monoisotopic (exact) mass is 373 g/mol. The summed E-state index contributed by atoms with van der Waals surface area (Å²) in [5.74, 6) is 0.115. The standard InChI is InChI=1S/C21H27N3O.ClH/c1-16-12-17(2)14-18(13-16)21(25)24(15-19-6-3-4-10-23-19)20-7-5-9-22-11-8-20;/h3-4,6,10,12-14,20,22H,5,7-9,11,15H2,1-2H3;1H. The number of amides is 1. The van der Waals surface area contributed by atoms with Crippen molar-refractivity contribution < 1.29 is 4.79 Å². The molecule has 26 heavy (non-hydrogen) atoms. The summed E-state index contributed by atoms with van der Waals surface area (Å²) in [5.41, 5.74) is 3.98. The van der Waals surface area contributed by atoms with Crippen molar-refractivity contribution in [3.8, 4) is 0 Å². The number of aromatic nitrogens is 1. The average molecular weight is 374 g/mol. The van der Waals surface area contributed by atoms with Crippen molar-refractivity contribution in [1.29, 1.82) is 0 Å². The molecule has 1 aromatic heterocycles. The first kappa shape index (κ1) is 20.4. The van der Waals surface area contributed by atoms with Gasteiger partial charge in [-0.2, -0.15) is 0 Å². The van der Waals surface area contributed by atoms with E-state index in [4.69, 9.17) is 0 Å². The Bertz CT molecular complexity index is 692. The Labute approximate surface area is 162 Å². The maximum absolute atomic E-state index is 13.3. The van der Waals surface area contributed by atoms with Crippen LogP contribution < -0.4 is 5.32 Å². The van der Waals surface area contributed by atoms with E-state index in [1.807, 2.05) is 49.1 Å². The lowest BCUT2D eigenvalue weighted by Gasteiger charge is -2.31. The van der Waals surface area contributed by atoms with Crippen LogP contribution in [0, 0.1) is 13.8 Å². The van der Waals surface area contributed by atoms with Crippen molar-refractivity contribution in [2.24, 2.45) is 0 Å². The summed E-state index contributed by atoms with van der Waals surface area (Å²) < 4.78 is 0. The fourth-order valence-corrected chi connectivity index (χ4v) is 3.61. The van der Waals surface area contributed by atoms with Gasteiger partial charge in [-0.15, -0.1) is 12.4 Å². The topological polar surface area (TPSA) is 45.2 Å². The summed E-state index contributed by atoms with van der Waals surface area (Å²) in [6.07, 6.45) is 4.92. The van der Waals surface area contributed by atoms with Gasteiger partial charge in [-0.1, -0.05) is 23.3 Å². The smallest absolute Gasteiger partial charge is 0.254 e. The highest BCUT2D eigenvalue weighted by atomic mass is 35.5. The third-order valence-corrected chi connectivity index (χ3v) is 4.77. The Kier molecular flexibility index (Phi) is 7.61. The zero-order chi connectivity index (χ0) is 17.6. The molecular formula is C21H28ClN3O. The van der Waals surface area contributed by atoms with E-state index in [9.17, 15) is 4.79 Å². The lowest BCUT2D eigenvalue weighted by atomic mass is 10.0. The molecule has 140 valence electrons. The van der Waals surface area contributed by atoms with Gasteiger partial charge in [0.2, 0.25) is 0 Å². The van der Waals surface area contributed by atoms with Gasteiger partial charge in [0.15, 0.2) is 0 Å². The van der Waals surface area contributed by atoms with Crippen molar-refractivity contribution in [3.63, 3.8) is 0 Å². The summed E-state index contributed by atoms with van der Waals surface area (Å²) in [5, 5.41) is 3.44. The predicted molar refractivity (Wildman–Crippen MR) is 108 cm³/mol. The summed E-state index contributed by atoms with van der Waals surface area (Å²) in [6, 6.07) is 12.2. The van der Waals surface area contributed by atoms with Gasteiger partial charge in [0, 0.05) is 17.8 Å². The van der Waals surface area contributed by atoms with Crippen molar-refractivity contribution in [1.82, 2.24) is 15.2 Å². The van der Waals surface area contributed by atoms with Crippen molar-refractivity contribution >= 4 is 18.3 Å². The molecule has 1 aliphatic rings. The summed E-state index contributed by atoms with van der Waals surface area (Å²) in [6.45, 7) is 6.65. The highest BCUT2D eigenvalue weighted by Gasteiger charge is 2.26. The molecule has 1 unspecified atom stereocenters. The maximum Gasteiger partial charge on any atom is 0.254 e. The van der Waals surface area contributed by atoms with Crippen LogP contribution in [-0.4, -0.2) is 34.9 Å². The van der Waals surface area contributed by atoms with Crippen LogP contribution in [0.15, 0.2) is 42.6 Å². The van der Waals surface area contributed by atoms with E-state index in [1.165, 1.54) is 0 Å². The van der Waals surface area contributed by atoms with E-state index < -0.39 is 0 Å². The molecule has 0 bridgehead atoms. The van der Waals surface area contributed by atoms with Gasteiger partial charge in [0.05, 0.1) is 12.2 Å². The molecule has 0 saturated carbocycles. The zero-order valence-electron chi connectivity index (χ0n) is 15.6. The fourth-order valence-electron chi connectivity index (χ4n) is 3.61. The van der Waals surface area contributed by atoms with Crippen molar-refractivity contribution in [2.45, 2.75) is 45.7 Å². The molecule has 3 rings (SSSR count). The second-order valence-corrected chi connectivity index (χ2v) is 6.97. The van der Waals surface area contributed by atoms with Crippen molar-refractivity contribution in [2.75, 3.05) is 13.1 Å². The number of aryl methyl sites for hydroxylation is 2. The number of rotatable bonds is 4. The Morgan fingerprint density at radius 1 is 1.15 bits per heavy atom. The largest absolute Gasteiger partial charge is 0.330 e. The van der Waals surface area contributed by atoms with E-state index in [0.717, 1.165) is 54.7 Å². The van der Waals surface area contributed by atoms with Gasteiger partial charge in [0.25, 0.3) is 5.91 Å². The van der Waals surface area contributed by atoms with Gasteiger partial charge in [-0.25, -0.2) is 0 Å². The van der Waals surface area contributed by atoms with E-state index in [2.05, 4.69) is 16.4 Å². The average Bonchev–Trinajstić information content (AvgIpc) is 2.88. The molecule has 1 N–H and O–H groups in total.